The Morgan fingerprint density at radius 1 is 1.16 bits per heavy atom. The van der Waals surface area contributed by atoms with Crippen molar-refractivity contribution in [2.75, 3.05) is 37.7 Å². The third kappa shape index (κ3) is 3.32. The predicted octanol–water partition coefficient (Wildman–Crippen LogP) is 3.24. The lowest BCUT2D eigenvalue weighted by Crippen LogP contribution is -2.43. The van der Waals surface area contributed by atoms with E-state index in [0.29, 0.717) is 32.8 Å². The number of aromatic nitrogens is 1. The third-order valence-corrected chi connectivity index (χ3v) is 4.92. The van der Waals surface area contributed by atoms with Crippen molar-refractivity contribution in [3.05, 3.63) is 58.2 Å². The SMILES string of the molecule is O=C(C1=Cc2cccnc2N(c2cccc(Br)c2)C1)N1CCOCC1. The van der Waals surface area contributed by atoms with Gasteiger partial charge in [0, 0.05) is 40.6 Å². The first-order valence-corrected chi connectivity index (χ1v) is 9.07. The van der Waals surface area contributed by atoms with E-state index in [-0.39, 0.29) is 5.91 Å². The molecule has 4 rings (SSSR count). The maximum atomic E-state index is 13.0. The van der Waals surface area contributed by atoms with Crippen LogP contribution in [0.15, 0.2) is 52.6 Å². The average Bonchev–Trinajstić information content (AvgIpc) is 2.67. The number of carbonyl (C=O) groups excluding carboxylic acids is 1. The molecule has 2 aromatic rings. The van der Waals surface area contributed by atoms with Crippen LogP contribution >= 0.6 is 15.9 Å². The van der Waals surface area contributed by atoms with Crippen LogP contribution in [-0.2, 0) is 9.53 Å². The van der Waals surface area contributed by atoms with Gasteiger partial charge in [0.1, 0.15) is 5.82 Å². The number of anilines is 2. The minimum absolute atomic E-state index is 0.0813. The fourth-order valence-corrected chi connectivity index (χ4v) is 3.57. The van der Waals surface area contributed by atoms with Crippen molar-refractivity contribution in [3.8, 4) is 0 Å². The summed E-state index contributed by atoms with van der Waals surface area (Å²) in [6.07, 6.45) is 3.75. The molecule has 3 heterocycles. The van der Waals surface area contributed by atoms with E-state index in [9.17, 15) is 4.79 Å². The molecule has 1 saturated heterocycles. The molecule has 6 heteroatoms. The first-order chi connectivity index (χ1) is 12.2. The van der Waals surface area contributed by atoms with Gasteiger partial charge in [0.2, 0.25) is 0 Å². The molecule has 0 aliphatic carbocycles. The first kappa shape index (κ1) is 16.3. The minimum Gasteiger partial charge on any atom is -0.378 e. The van der Waals surface area contributed by atoms with Crippen LogP contribution in [0.3, 0.4) is 0 Å². The van der Waals surface area contributed by atoms with E-state index < -0.39 is 0 Å². The standard InChI is InChI=1S/C19H18BrN3O2/c20-16-4-1-5-17(12-16)23-13-15(11-14-3-2-6-21-18(14)23)19(24)22-7-9-25-10-8-22/h1-6,11-12H,7-10,13H2. The first-order valence-electron chi connectivity index (χ1n) is 8.28. The number of fused-ring (bicyclic) bond motifs is 1. The number of carbonyl (C=O) groups is 1. The molecule has 0 bridgehead atoms. The van der Waals surface area contributed by atoms with Gasteiger partial charge in [-0.3, -0.25) is 4.79 Å². The number of nitrogens with zero attached hydrogens (tertiary/aromatic N) is 3. The molecule has 2 aliphatic rings. The summed E-state index contributed by atoms with van der Waals surface area (Å²) in [7, 11) is 0. The summed E-state index contributed by atoms with van der Waals surface area (Å²) in [5.41, 5.74) is 2.75. The molecular weight excluding hydrogens is 382 g/mol. The highest BCUT2D eigenvalue weighted by atomic mass is 79.9. The number of rotatable bonds is 2. The Morgan fingerprint density at radius 3 is 2.80 bits per heavy atom. The van der Waals surface area contributed by atoms with Gasteiger partial charge < -0.3 is 14.5 Å². The van der Waals surface area contributed by atoms with Crippen molar-refractivity contribution in [2.45, 2.75) is 0 Å². The number of hydrogen-bond donors (Lipinski definition) is 0. The largest absolute Gasteiger partial charge is 0.378 e. The summed E-state index contributed by atoms with van der Waals surface area (Å²) in [6, 6.07) is 12.0. The fourth-order valence-electron chi connectivity index (χ4n) is 3.18. The summed E-state index contributed by atoms with van der Waals surface area (Å²) in [6.45, 7) is 3.01. The Hall–Kier alpha value is -2.18. The van der Waals surface area contributed by atoms with Gasteiger partial charge in [0.15, 0.2) is 0 Å². The number of benzene rings is 1. The monoisotopic (exact) mass is 399 g/mol. The van der Waals surface area contributed by atoms with Gasteiger partial charge in [-0.1, -0.05) is 22.0 Å². The van der Waals surface area contributed by atoms with Crippen LogP contribution in [0, 0.1) is 0 Å². The zero-order valence-electron chi connectivity index (χ0n) is 13.7. The van der Waals surface area contributed by atoms with Crippen LogP contribution in [0.4, 0.5) is 11.5 Å². The summed E-state index contributed by atoms with van der Waals surface area (Å²) in [5.74, 6) is 0.955. The molecule has 25 heavy (non-hydrogen) atoms. The summed E-state index contributed by atoms with van der Waals surface area (Å²) in [4.78, 5) is 21.4. The van der Waals surface area contributed by atoms with Crippen molar-refractivity contribution in [1.29, 1.82) is 0 Å². The Bertz CT molecular complexity index is 831. The highest BCUT2D eigenvalue weighted by molar-refractivity contribution is 9.10. The van der Waals surface area contributed by atoms with Gasteiger partial charge in [-0.15, -0.1) is 0 Å². The Labute approximate surface area is 155 Å². The van der Waals surface area contributed by atoms with Crippen molar-refractivity contribution in [2.24, 2.45) is 0 Å². The third-order valence-electron chi connectivity index (χ3n) is 4.42. The van der Waals surface area contributed by atoms with Gasteiger partial charge in [0.25, 0.3) is 5.91 Å². The lowest BCUT2D eigenvalue weighted by atomic mass is 10.0. The molecule has 0 unspecified atom stereocenters. The molecule has 0 radical (unpaired) electrons. The number of pyridine rings is 1. The molecule has 1 aromatic heterocycles. The highest BCUT2D eigenvalue weighted by Crippen LogP contribution is 2.34. The van der Waals surface area contributed by atoms with E-state index in [2.05, 4.69) is 25.8 Å². The average molecular weight is 400 g/mol. The zero-order valence-corrected chi connectivity index (χ0v) is 15.3. The van der Waals surface area contributed by atoms with Crippen LogP contribution in [0.1, 0.15) is 5.56 Å². The van der Waals surface area contributed by atoms with Crippen molar-refractivity contribution < 1.29 is 9.53 Å². The highest BCUT2D eigenvalue weighted by Gasteiger charge is 2.27. The van der Waals surface area contributed by atoms with E-state index in [0.717, 1.165) is 27.1 Å². The molecule has 1 amide bonds. The minimum atomic E-state index is 0.0813. The second-order valence-electron chi connectivity index (χ2n) is 6.06. The molecule has 0 saturated carbocycles. The van der Waals surface area contributed by atoms with Crippen LogP contribution in [-0.4, -0.2) is 48.6 Å². The maximum Gasteiger partial charge on any atom is 0.251 e. The number of hydrogen-bond acceptors (Lipinski definition) is 4. The molecule has 0 spiro atoms. The molecule has 2 aliphatic heterocycles. The second-order valence-corrected chi connectivity index (χ2v) is 6.97. The predicted molar refractivity (Wildman–Crippen MR) is 101 cm³/mol. The van der Waals surface area contributed by atoms with Crippen LogP contribution in [0.2, 0.25) is 0 Å². The van der Waals surface area contributed by atoms with Gasteiger partial charge in [-0.05, 0) is 36.4 Å². The van der Waals surface area contributed by atoms with Crippen molar-refractivity contribution in [1.82, 2.24) is 9.88 Å². The molecule has 5 nitrogen and oxygen atoms in total. The van der Waals surface area contributed by atoms with Gasteiger partial charge in [-0.2, -0.15) is 0 Å². The Balaban J connectivity index is 1.70. The molecule has 1 fully saturated rings. The second kappa shape index (κ2) is 6.98. The van der Waals surface area contributed by atoms with Crippen molar-refractivity contribution >= 4 is 39.4 Å². The van der Waals surface area contributed by atoms with Crippen LogP contribution in [0.5, 0.6) is 0 Å². The lowest BCUT2D eigenvalue weighted by molar-refractivity contribution is -0.131. The quantitative estimate of drug-likeness (QED) is 0.777. The van der Waals surface area contributed by atoms with Gasteiger partial charge >= 0.3 is 0 Å². The number of morpholine rings is 1. The van der Waals surface area contributed by atoms with Gasteiger partial charge in [-0.25, -0.2) is 4.98 Å². The smallest absolute Gasteiger partial charge is 0.251 e. The van der Waals surface area contributed by atoms with E-state index in [1.807, 2.05) is 47.4 Å². The zero-order chi connectivity index (χ0) is 17.2. The summed E-state index contributed by atoms with van der Waals surface area (Å²) >= 11 is 3.52. The summed E-state index contributed by atoms with van der Waals surface area (Å²) < 4.78 is 6.36. The molecule has 0 N–H and O–H groups in total. The van der Waals surface area contributed by atoms with Gasteiger partial charge in [0.05, 0.1) is 19.8 Å². The van der Waals surface area contributed by atoms with Crippen molar-refractivity contribution in [3.63, 3.8) is 0 Å². The molecule has 1 aromatic carbocycles. The summed E-state index contributed by atoms with van der Waals surface area (Å²) in [5, 5.41) is 0. The number of halogens is 1. The lowest BCUT2D eigenvalue weighted by Gasteiger charge is -2.33. The topological polar surface area (TPSA) is 45.7 Å². The van der Waals surface area contributed by atoms with E-state index in [1.54, 1.807) is 6.20 Å². The van der Waals surface area contributed by atoms with E-state index in [4.69, 9.17) is 4.74 Å². The number of ether oxygens (including phenoxy) is 1. The molecule has 128 valence electrons. The molecule has 0 atom stereocenters. The van der Waals surface area contributed by atoms with E-state index >= 15 is 0 Å². The fraction of sp³-hybridized carbons (Fsp3) is 0.263. The Morgan fingerprint density at radius 2 is 2.00 bits per heavy atom. The number of amides is 1. The molecular formula is C19H18BrN3O2. The Kier molecular flexibility index (Phi) is 4.55. The van der Waals surface area contributed by atoms with E-state index in [1.165, 1.54) is 0 Å². The van der Waals surface area contributed by atoms with Crippen LogP contribution < -0.4 is 4.90 Å². The maximum absolute atomic E-state index is 13.0. The van der Waals surface area contributed by atoms with Crippen LogP contribution in [0.25, 0.3) is 6.08 Å². The normalized spacial score (nSPS) is 17.1.